The number of benzene rings is 1. The molecule has 1 saturated heterocycles. The van der Waals surface area contributed by atoms with Gasteiger partial charge in [0.25, 0.3) is 0 Å². The minimum Gasteiger partial charge on any atom is -0.388 e. The largest absolute Gasteiger partial charge is 0.416 e. The Labute approximate surface area is 101 Å². The van der Waals surface area contributed by atoms with Gasteiger partial charge in [-0.2, -0.15) is 13.2 Å². The summed E-state index contributed by atoms with van der Waals surface area (Å²) in [5.74, 6) is -1.35. The summed E-state index contributed by atoms with van der Waals surface area (Å²) in [6.07, 6.45) is -5.47. The maximum Gasteiger partial charge on any atom is 0.416 e. The first kappa shape index (κ1) is 13.3. The third kappa shape index (κ3) is 2.64. The van der Waals surface area contributed by atoms with E-state index in [2.05, 4.69) is 0 Å². The van der Waals surface area contributed by atoms with E-state index in [0.717, 1.165) is 12.1 Å². The second kappa shape index (κ2) is 4.85. The van der Waals surface area contributed by atoms with Gasteiger partial charge in [-0.3, -0.25) is 0 Å². The lowest BCUT2D eigenvalue weighted by atomic mass is 9.91. The maximum atomic E-state index is 12.9. The Hall–Kier alpha value is -1.14. The third-order valence-corrected chi connectivity index (χ3v) is 3.05. The zero-order valence-electron chi connectivity index (χ0n) is 9.38. The number of rotatable bonds is 2. The monoisotopic (exact) mass is 264 g/mol. The van der Waals surface area contributed by atoms with E-state index in [4.69, 9.17) is 4.74 Å². The van der Waals surface area contributed by atoms with Crippen LogP contribution in [0.25, 0.3) is 0 Å². The lowest BCUT2D eigenvalue weighted by Crippen LogP contribution is -2.18. The second-order valence-electron chi connectivity index (χ2n) is 4.30. The van der Waals surface area contributed by atoms with E-state index in [0.29, 0.717) is 19.1 Å². The predicted octanol–water partition coefficient (Wildman–Crippen LogP) is 2.91. The molecule has 0 spiro atoms. The van der Waals surface area contributed by atoms with Crippen LogP contribution in [0.3, 0.4) is 0 Å². The van der Waals surface area contributed by atoms with Crippen molar-refractivity contribution in [3.63, 3.8) is 0 Å². The van der Waals surface area contributed by atoms with E-state index in [1.54, 1.807) is 0 Å². The molecule has 2 rings (SSSR count). The van der Waals surface area contributed by atoms with Crippen LogP contribution < -0.4 is 0 Å². The normalized spacial score (nSPS) is 22.2. The second-order valence-corrected chi connectivity index (χ2v) is 4.30. The highest BCUT2D eigenvalue weighted by Gasteiger charge is 2.37. The quantitative estimate of drug-likeness (QED) is 0.832. The summed E-state index contributed by atoms with van der Waals surface area (Å²) >= 11 is 0. The van der Waals surface area contributed by atoms with Crippen molar-refractivity contribution in [2.24, 2.45) is 5.92 Å². The van der Waals surface area contributed by atoms with Crippen molar-refractivity contribution in [3.05, 3.63) is 35.1 Å². The molecule has 1 aromatic rings. The Bertz CT molecular complexity index is 425. The van der Waals surface area contributed by atoms with Crippen LogP contribution in [-0.2, 0) is 10.9 Å². The van der Waals surface area contributed by atoms with Crippen molar-refractivity contribution in [3.8, 4) is 0 Å². The van der Waals surface area contributed by atoms with Crippen LogP contribution in [0.2, 0.25) is 0 Å². The molecule has 18 heavy (non-hydrogen) atoms. The summed E-state index contributed by atoms with van der Waals surface area (Å²) in [5.41, 5.74) is -1.42. The number of hydrogen-bond acceptors (Lipinski definition) is 2. The van der Waals surface area contributed by atoms with Crippen LogP contribution in [0.15, 0.2) is 18.2 Å². The molecule has 1 N–H and O–H groups in total. The molecule has 0 bridgehead atoms. The molecule has 6 heteroatoms. The molecule has 0 aliphatic carbocycles. The van der Waals surface area contributed by atoms with E-state index in [1.165, 1.54) is 0 Å². The summed E-state index contributed by atoms with van der Waals surface area (Å²) in [4.78, 5) is 0. The van der Waals surface area contributed by atoms with Gasteiger partial charge in [-0.25, -0.2) is 4.39 Å². The van der Waals surface area contributed by atoms with Crippen molar-refractivity contribution in [1.29, 1.82) is 0 Å². The molecule has 1 aliphatic rings. The first-order valence-corrected chi connectivity index (χ1v) is 5.52. The SMILES string of the molecule is OC(c1ccc(F)cc1C(F)(F)F)C1CCOC1. The van der Waals surface area contributed by atoms with Gasteiger partial charge in [-0.15, -0.1) is 0 Å². The van der Waals surface area contributed by atoms with Gasteiger partial charge in [0, 0.05) is 12.5 Å². The van der Waals surface area contributed by atoms with Crippen LogP contribution in [0.4, 0.5) is 17.6 Å². The summed E-state index contributed by atoms with van der Waals surface area (Å²) in [7, 11) is 0. The Morgan fingerprint density at radius 1 is 1.33 bits per heavy atom. The van der Waals surface area contributed by atoms with E-state index in [1.807, 2.05) is 0 Å². The first-order chi connectivity index (χ1) is 8.39. The van der Waals surface area contributed by atoms with Gasteiger partial charge in [0.05, 0.1) is 18.3 Å². The van der Waals surface area contributed by atoms with Gasteiger partial charge < -0.3 is 9.84 Å². The fourth-order valence-electron chi connectivity index (χ4n) is 2.09. The van der Waals surface area contributed by atoms with Crippen molar-refractivity contribution in [2.45, 2.75) is 18.7 Å². The van der Waals surface area contributed by atoms with Crippen molar-refractivity contribution in [2.75, 3.05) is 13.2 Å². The minimum atomic E-state index is -4.68. The molecule has 1 heterocycles. The average Bonchev–Trinajstić information content (AvgIpc) is 2.80. The average molecular weight is 264 g/mol. The van der Waals surface area contributed by atoms with Gasteiger partial charge in [0.2, 0.25) is 0 Å². The molecule has 2 nitrogen and oxygen atoms in total. The molecule has 2 atom stereocenters. The number of hydrogen-bond donors (Lipinski definition) is 1. The number of alkyl halides is 3. The van der Waals surface area contributed by atoms with Crippen molar-refractivity contribution in [1.82, 2.24) is 0 Å². The van der Waals surface area contributed by atoms with Crippen LogP contribution in [0.1, 0.15) is 23.7 Å². The molecule has 0 aromatic heterocycles. The van der Waals surface area contributed by atoms with Gasteiger partial charge in [-0.05, 0) is 24.1 Å². The Balaban J connectivity index is 2.37. The molecule has 0 radical (unpaired) electrons. The summed E-state index contributed by atoms with van der Waals surface area (Å²) in [5, 5.41) is 9.95. The molecule has 100 valence electrons. The molecule has 1 aromatic carbocycles. The van der Waals surface area contributed by atoms with Gasteiger partial charge in [0.1, 0.15) is 5.82 Å². The fourth-order valence-corrected chi connectivity index (χ4v) is 2.09. The molecular weight excluding hydrogens is 252 g/mol. The van der Waals surface area contributed by atoms with E-state index in [-0.39, 0.29) is 18.1 Å². The lowest BCUT2D eigenvalue weighted by Gasteiger charge is -2.21. The van der Waals surface area contributed by atoms with Crippen LogP contribution in [0, 0.1) is 11.7 Å². The zero-order valence-corrected chi connectivity index (χ0v) is 9.38. The molecule has 1 aliphatic heterocycles. The maximum absolute atomic E-state index is 12.9. The van der Waals surface area contributed by atoms with Crippen LogP contribution >= 0.6 is 0 Å². The number of aliphatic hydroxyl groups excluding tert-OH is 1. The zero-order chi connectivity index (χ0) is 13.3. The highest BCUT2D eigenvalue weighted by molar-refractivity contribution is 5.32. The summed E-state index contributed by atoms with van der Waals surface area (Å²) < 4.78 is 56.2. The highest BCUT2D eigenvalue weighted by Crippen LogP contribution is 2.38. The van der Waals surface area contributed by atoms with Gasteiger partial charge in [0.15, 0.2) is 0 Å². The topological polar surface area (TPSA) is 29.5 Å². The number of aliphatic hydroxyl groups is 1. The van der Waals surface area contributed by atoms with E-state index in [9.17, 15) is 22.7 Å². The van der Waals surface area contributed by atoms with Gasteiger partial charge in [-0.1, -0.05) is 6.07 Å². The molecule has 2 unspecified atom stereocenters. The molecule has 0 saturated carbocycles. The van der Waals surface area contributed by atoms with Crippen molar-refractivity contribution < 1.29 is 27.4 Å². The molecular formula is C12H12F4O2. The third-order valence-electron chi connectivity index (χ3n) is 3.05. The number of halogens is 4. The Morgan fingerprint density at radius 2 is 2.06 bits per heavy atom. The highest BCUT2D eigenvalue weighted by atomic mass is 19.4. The lowest BCUT2D eigenvalue weighted by molar-refractivity contribution is -0.139. The van der Waals surface area contributed by atoms with Crippen molar-refractivity contribution >= 4 is 0 Å². The minimum absolute atomic E-state index is 0.218. The number of ether oxygens (including phenoxy) is 1. The smallest absolute Gasteiger partial charge is 0.388 e. The first-order valence-electron chi connectivity index (χ1n) is 5.52. The van der Waals surface area contributed by atoms with E-state index < -0.39 is 23.7 Å². The Morgan fingerprint density at radius 3 is 2.61 bits per heavy atom. The summed E-state index contributed by atoms with van der Waals surface area (Å²) in [6, 6.07) is 2.32. The predicted molar refractivity (Wildman–Crippen MR) is 55.3 cm³/mol. The van der Waals surface area contributed by atoms with Crippen LogP contribution in [-0.4, -0.2) is 18.3 Å². The van der Waals surface area contributed by atoms with Gasteiger partial charge >= 0.3 is 6.18 Å². The Kier molecular flexibility index (Phi) is 3.59. The molecule has 1 fully saturated rings. The fraction of sp³-hybridized carbons (Fsp3) is 0.500. The van der Waals surface area contributed by atoms with Crippen LogP contribution in [0.5, 0.6) is 0 Å². The molecule has 0 amide bonds. The standard InChI is InChI=1S/C12H12F4O2/c13-8-1-2-9(10(5-8)12(14,15)16)11(17)7-3-4-18-6-7/h1-2,5,7,11,17H,3-4,6H2. The van der Waals surface area contributed by atoms with E-state index >= 15 is 0 Å². The summed E-state index contributed by atoms with van der Waals surface area (Å²) in [6.45, 7) is 0.639.